The number of carbonyl (C=O) groups excluding carboxylic acids is 1. The predicted molar refractivity (Wildman–Crippen MR) is 136 cm³/mol. The topological polar surface area (TPSA) is 161 Å². The van der Waals surface area contributed by atoms with Gasteiger partial charge < -0.3 is 20.2 Å². The monoisotopic (exact) mass is 678 g/mol. The summed E-state index contributed by atoms with van der Waals surface area (Å²) in [6.45, 7) is 6.36. The zero-order valence-corrected chi connectivity index (χ0v) is 23.6. The molecular formula is C26H27F9N4O7. The third-order valence-electron chi connectivity index (χ3n) is 6.46. The van der Waals surface area contributed by atoms with E-state index in [4.69, 9.17) is 29.7 Å². The van der Waals surface area contributed by atoms with E-state index in [1.165, 1.54) is 0 Å². The number of amides is 1. The molecule has 0 aromatic carbocycles. The Hall–Kier alpha value is -4.49. The molecule has 2 aromatic heterocycles. The molecule has 0 bridgehead atoms. The molecule has 4 rings (SSSR count). The molecule has 1 amide bonds. The van der Waals surface area contributed by atoms with Gasteiger partial charge in [-0.05, 0) is 36.1 Å². The normalized spacial score (nSPS) is 19.7. The zero-order chi connectivity index (χ0) is 35.5. The van der Waals surface area contributed by atoms with Crippen molar-refractivity contribution in [1.29, 1.82) is 0 Å². The van der Waals surface area contributed by atoms with Crippen LogP contribution in [0.4, 0.5) is 39.5 Å². The van der Waals surface area contributed by atoms with Gasteiger partial charge in [0.1, 0.15) is 0 Å². The molecule has 2 atom stereocenters. The first-order chi connectivity index (χ1) is 21.0. The highest BCUT2D eigenvalue weighted by Gasteiger charge is 2.54. The van der Waals surface area contributed by atoms with E-state index in [-0.39, 0.29) is 5.41 Å². The summed E-state index contributed by atoms with van der Waals surface area (Å²) in [5.41, 5.74) is 1.95. The van der Waals surface area contributed by atoms with Crippen LogP contribution in [0.5, 0.6) is 0 Å². The molecule has 46 heavy (non-hydrogen) atoms. The first-order valence-corrected chi connectivity index (χ1v) is 12.7. The second kappa shape index (κ2) is 16.2. The average molecular weight is 679 g/mol. The fourth-order valence-corrected chi connectivity index (χ4v) is 4.35. The van der Waals surface area contributed by atoms with Crippen molar-refractivity contribution in [3.8, 4) is 0 Å². The molecule has 2 saturated heterocycles. The summed E-state index contributed by atoms with van der Waals surface area (Å²) >= 11 is 0. The van der Waals surface area contributed by atoms with E-state index in [9.17, 15) is 44.3 Å². The fourth-order valence-electron chi connectivity index (χ4n) is 4.35. The lowest BCUT2D eigenvalue weighted by Crippen LogP contribution is -2.39. The molecule has 0 radical (unpaired) electrons. The lowest BCUT2D eigenvalue weighted by atomic mass is 9.78. The molecule has 4 heterocycles. The molecule has 2 fully saturated rings. The Morgan fingerprint density at radius 1 is 0.848 bits per heavy atom. The number of nitrogens with zero attached hydrogens (tertiary/aromatic N) is 4. The Morgan fingerprint density at radius 2 is 1.37 bits per heavy atom. The number of carboxylic acid groups (broad SMARTS) is 3. The van der Waals surface area contributed by atoms with Gasteiger partial charge in [0, 0.05) is 51.3 Å². The predicted octanol–water partition coefficient (Wildman–Crippen LogP) is 4.25. The number of carbonyl (C=O) groups is 4. The van der Waals surface area contributed by atoms with Crippen molar-refractivity contribution in [3.63, 3.8) is 0 Å². The van der Waals surface area contributed by atoms with E-state index in [0.717, 1.165) is 43.9 Å². The molecule has 1 spiro atoms. The molecule has 0 aliphatic carbocycles. The van der Waals surface area contributed by atoms with E-state index in [2.05, 4.69) is 27.9 Å². The number of carboxylic acids is 3. The molecule has 20 heteroatoms. The SMILES string of the molecule is C[C@@H]1CN(Cc2ccccn2)C[C@]12CCN(Cc1cccnc1)C2=O.O=C(O)C(F)(F)F.O=C(O)C(F)(F)F.O=C(O)C(F)(F)F. The first kappa shape index (κ1) is 39.5. The molecule has 2 aliphatic heterocycles. The van der Waals surface area contributed by atoms with Crippen molar-refractivity contribution in [3.05, 3.63) is 60.2 Å². The Labute approximate surface area is 254 Å². The highest BCUT2D eigenvalue weighted by atomic mass is 19.4. The largest absolute Gasteiger partial charge is 0.490 e. The molecule has 2 aromatic rings. The van der Waals surface area contributed by atoms with Gasteiger partial charge >= 0.3 is 36.4 Å². The Bertz CT molecular complexity index is 1250. The first-order valence-electron chi connectivity index (χ1n) is 12.7. The maximum atomic E-state index is 13.2. The van der Waals surface area contributed by atoms with Crippen molar-refractivity contribution >= 4 is 23.8 Å². The molecule has 0 saturated carbocycles. The number of alkyl halides is 9. The smallest absolute Gasteiger partial charge is 0.475 e. The van der Waals surface area contributed by atoms with Crippen LogP contribution in [0.1, 0.15) is 24.6 Å². The Morgan fingerprint density at radius 3 is 1.78 bits per heavy atom. The van der Waals surface area contributed by atoms with Crippen LogP contribution in [0, 0.1) is 11.3 Å². The van der Waals surface area contributed by atoms with Gasteiger partial charge in [0.05, 0.1) is 11.1 Å². The van der Waals surface area contributed by atoms with E-state index in [0.29, 0.717) is 18.4 Å². The van der Waals surface area contributed by atoms with Crippen LogP contribution in [0.25, 0.3) is 0 Å². The summed E-state index contributed by atoms with van der Waals surface area (Å²) in [4.78, 5) is 52.9. The summed E-state index contributed by atoms with van der Waals surface area (Å²) in [7, 11) is 0. The molecule has 3 N–H and O–H groups in total. The minimum Gasteiger partial charge on any atom is -0.475 e. The number of hydrogen-bond acceptors (Lipinski definition) is 7. The van der Waals surface area contributed by atoms with Crippen molar-refractivity contribution in [2.45, 2.75) is 45.0 Å². The third-order valence-corrected chi connectivity index (χ3v) is 6.46. The van der Waals surface area contributed by atoms with Gasteiger partial charge in [-0.2, -0.15) is 39.5 Å². The summed E-state index contributed by atoms with van der Waals surface area (Å²) < 4.78 is 95.2. The van der Waals surface area contributed by atoms with Crippen LogP contribution in [-0.4, -0.2) is 97.1 Å². The van der Waals surface area contributed by atoms with Gasteiger partial charge in [-0.3, -0.25) is 19.7 Å². The van der Waals surface area contributed by atoms with Crippen molar-refractivity contribution in [2.75, 3.05) is 19.6 Å². The van der Waals surface area contributed by atoms with Gasteiger partial charge in [0.25, 0.3) is 0 Å². The number of rotatable bonds is 4. The quantitative estimate of drug-likeness (QED) is 0.399. The van der Waals surface area contributed by atoms with E-state index < -0.39 is 36.4 Å². The minimum atomic E-state index is -5.08. The molecule has 2 aliphatic rings. The summed E-state index contributed by atoms with van der Waals surface area (Å²) in [5.74, 6) is -7.58. The van der Waals surface area contributed by atoms with Crippen LogP contribution < -0.4 is 0 Å². The zero-order valence-electron chi connectivity index (χ0n) is 23.6. The van der Waals surface area contributed by atoms with Gasteiger partial charge in [0.2, 0.25) is 5.91 Å². The highest BCUT2D eigenvalue weighted by Crippen LogP contribution is 2.45. The maximum absolute atomic E-state index is 13.2. The van der Waals surface area contributed by atoms with Crippen molar-refractivity contribution in [2.24, 2.45) is 11.3 Å². The minimum absolute atomic E-state index is 0.225. The Kier molecular flexibility index (Phi) is 13.9. The maximum Gasteiger partial charge on any atom is 0.490 e. The van der Waals surface area contributed by atoms with Crippen LogP contribution >= 0.6 is 0 Å². The van der Waals surface area contributed by atoms with Crippen LogP contribution in [0.3, 0.4) is 0 Å². The standard InChI is InChI=1S/C20H24N4O.3C2HF3O2/c1-16-12-23(14-18-6-2-3-9-22-18)15-20(16)7-10-24(19(20)25)13-17-5-4-8-21-11-17;3*3-2(4,5)1(6)7/h2-6,8-9,11,16H,7,10,12-15H2,1H3;3*(H,6,7)/t16-,20-;;;/m1.../s1. The molecule has 11 nitrogen and oxygen atoms in total. The van der Waals surface area contributed by atoms with Crippen LogP contribution in [0.15, 0.2) is 48.9 Å². The third kappa shape index (κ3) is 12.5. The second-order valence-corrected chi connectivity index (χ2v) is 9.79. The number of aromatic nitrogens is 2. The molecule has 0 unspecified atom stereocenters. The molecular weight excluding hydrogens is 651 g/mol. The van der Waals surface area contributed by atoms with Gasteiger partial charge in [-0.25, -0.2) is 14.4 Å². The number of likely N-dealkylation sites (tertiary alicyclic amines) is 2. The summed E-state index contributed by atoms with van der Waals surface area (Å²) in [6.07, 6.45) is -8.85. The van der Waals surface area contributed by atoms with E-state index in [1.54, 1.807) is 6.20 Å². The Balaban J connectivity index is 0.000000413. The number of hydrogen-bond donors (Lipinski definition) is 3. The number of halogens is 9. The van der Waals surface area contributed by atoms with Crippen LogP contribution in [0.2, 0.25) is 0 Å². The van der Waals surface area contributed by atoms with Crippen molar-refractivity contribution in [1.82, 2.24) is 19.8 Å². The van der Waals surface area contributed by atoms with Gasteiger partial charge in [-0.1, -0.05) is 19.1 Å². The summed E-state index contributed by atoms with van der Waals surface area (Å²) in [6, 6.07) is 9.98. The van der Waals surface area contributed by atoms with Crippen LogP contribution in [-0.2, 0) is 32.3 Å². The second-order valence-electron chi connectivity index (χ2n) is 9.79. The van der Waals surface area contributed by atoms with Crippen molar-refractivity contribution < 1.29 is 74.0 Å². The van der Waals surface area contributed by atoms with Gasteiger partial charge in [-0.15, -0.1) is 0 Å². The fraction of sp³-hybridized carbons (Fsp3) is 0.462. The lowest BCUT2D eigenvalue weighted by molar-refractivity contribution is -0.193. The molecule has 256 valence electrons. The lowest BCUT2D eigenvalue weighted by Gasteiger charge is -2.27. The van der Waals surface area contributed by atoms with E-state index >= 15 is 0 Å². The highest BCUT2D eigenvalue weighted by molar-refractivity contribution is 5.86. The van der Waals surface area contributed by atoms with Gasteiger partial charge in [0.15, 0.2) is 0 Å². The van der Waals surface area contributed by atoms with E-state index in [1.807, 2.05) is 41.6 Å². The average Bonchev–Trinajstić information content (AvgIpc) is 3.42. The number of pyridine rings is 2. The summed E-state index contributed by atoms with van der Waals surface area (Å²) in [5, 5.41) is 21.4. The number of aliphatic carboxylic acids is 3.